The summed E-state index contributed by atoms with van der Waals surface area (Å²) < 4.78 is 1.47. The van der Waals surface area contributed by atoms with Gasteiger partial charge in [0.25, 0.3) is 0 Å². The largest absolute Gasteiger partial charge is 0.382 e. The van der Waals surface area contributed by atoms with E-state index in [1.807, 2.05) is 6.07 Å². The Kier molecular flexibility index (Phi) is 1.70. The molecule has 0 aliphatic rings. The Morgan fingerprint density at radius 3 is 2.71 bits per heavy atom. The fourth-order valence-electron chi connectivity index (χ4n) is 1.61. The lowest BCUT2D eigenvalue weighted by atomic mass is 9.87. The summed E-state index contributed by atoms with van der Waals surface area (Å²) in [5, 5.41) is 11.7. The lowest BCUT2D eigenvalue weighted by molar-refractivity contribution is 0.597. The Labute approximate surface area is 81.9 Å². The van der Waals surface area contributed by atoms with E-state index in [2.05, 4.69) is 36.2 Å². The second kappa shape index (κ2) is 2.67. The van der Waals surface area contributed by atoms with E-state index in [1.54, 1.807) is 6.20 Å². The van der Waals surface area contributed by atoms with Crippen molar-refractivity contribution in [2.24, 2.45) is 0 Å². The highest BCUT2D eigenvalue weighted by molar-refractivity contribution is 5.65. The van der Waals surface area contributed by atoms with E-state index < -0.39 is 0 Å². The van der Waals surface area contributed by atoms with Crippen LogP contribution in [-0.4, -0.2) is 20.0 Å². The highest BCUT2D eigenvalue weighted by Crippen LogP contribution is 2.30. The molecule has 2 rings (SSSR count). The van der Waals surface area contributed by atoms with Crippen molar-refractivity contribution in [3.8, 4) is 0 Å². The number of fused-ring (bicyclic) bond motifs is 1. The number of nitrogens with two attached hydrogens (primary N) is 1. The molecule has 2 heterocycles. The van der Waals surface area contributed by atoms with Gasteiger partial charge in [-0.25, -0.2) is 0 Å². The van der Waals surface area contributed by atoms with Crippen molar-refractivity contribution >= 4 is 11.3 Å². The predicted molar refractivity (Wildman–Crippen MR) is 53.9 cm³/mol. The third kappa shape index (κ3) is 1.21. The van der Waals surface area contributed by atoms with Gasteiger partial charge in [0.2, 0.25) is 0 Å². The average molecular weight is 191 g/mol. The van der Waals surface area contributed by atoms with E-state index >= 15 is 0 Å². The van der Waals surface area contributed by atoms with E-state index in [4.69, 9.17) is 5.73 Å². The lowest BCUT2D eigenvalue weighted by Gasteiger charge is -2.17. The van der Waals surface area contributed by atoms with Gasteiger partial charge in [-0.3, -0.25) is 0 Å². The third-order valence-corrected chi connectivity index (χ3v) is 2.12. The molecule has 74 valence electrons. The standard InChI is InChI=1S/C9H13N5/c1-9(2,3)7-6-4-5-11-13-14(6)12-8(7)10/h4-5H,1-3H3,(H2,10,12). The molecule has 0 fully saturated rings. The normalized spacial score (nSPS) is 12.2. The first-order valence-corrected chi connectivity index (χ1v) is 4.47. The van der Waals surface area contributed by atoms with Gasteiger partial charge in [-0.05, 0) is 16.7 Å². The van der Waals surface area contributed by atoms with Crippen molar-refractivity contribution in [3.63, 3.8) is 0 Å². The maximum atomic E-state index is 5.84. The van der Waals surface area contributed by atoms with Crippen LogP contribution in [0.25, 0.3) is 5.52 Å². The van der Waals surface area contributed by atoms with Crippen molar-refractivity contribution < 1.29 is 0 Å². The van der Waals surface area contributed by atoms with Gasteiger partial charge in [-0.2, -0.15) is 0 Å². The van der Waals surface area contributed by atoms with Gasteiger partial charge in [0.1, 0.15) is 0 Å². The summed E-state index contributed by atoms with van der Waals surface area (Å²) in [4.78, 5) is 0. The molecule has 0 atom stereocenters. The van der Waals surface area contributed by atoms with Gasteiger partial charge in [-0.1, -0.05) is 20.8 Å². The summed E-state index contributed by atoms with van der Waals surface area (Å²) in [6.07, 6.45) is 1.64. The fourth-order valence-corrected chi connectivity index (χ4v) is 1.61. The van der Waals surface area contributed by atoms with E-state index in [0.717, 1.165) is 11.1 Å². The number of nitrogen functional groups attached to an aromatic ring is 1. The monoisotopic (exact) mass is 191 g/mol. The van der Waals surface area contributed by atoms with Crippen LogP contribution in [0.4, 0.5) is 5.82 Å². The Morgan fingerprint density at radius 2 is 2.07 bits per heavy atom. The minimum atomic E-state index is -0.0329. The fraction of sp³-hybridized carbons (Fsp3) is 0.444. The SMILES string of the molecule is CC(C)(C)c1c(N)nn2nnccc12. The van der Waals surface area contributed by atoms with Gasteiger partial charge in [0.05, 0.1) is 11.7 Å². The third-order valence-electron chi connectivity index (χ3n) is 2.12. The van der Waals surface area contributed by atoms with Crippen LogP contribution in [0.3, 0.4) is 0 Å². The van der Waals surface area contributed by atoms with Gasteiger partial charge < -0.3 is 5.73 Å². The maximum Gasteiger partial charge on any atom is 0.152 e. The average Bonchev–Trinajstić information content (AvgIpc) is 2.38. The number of hydrogen-bond donors (Lipinski definition) is 1. The first kappa shape index (κ1) is 8.93. The van der Waals surface area contributed by atoms with Crippen LogP contribution in [0, 0.1) is 0 Å². The molecule has 0 spiro atoms. The van der Waals surface area contributed by atoms with E-state index in [-0.39, 0.29) is 5.41 Å². The zero-order valence-electron chi connectivity index (χ0n) is 8.52. The second-order valence-electron chi connectivity index (χ2n) is 4.31. The maximum absolute atomic E-state index is 5.84. The molecule has 0 aliphatic carbocycles. The van der Waals surface area contributed by atoms with Crippen molar-refractivity contribution in [1.82, 2.24) is 20.0 Å². The summed E-state index contributed by atoms with van der Waals surface area (Å²) >= 11 is 0. The molecule has 5 heteroatoms. The molecular weight excluding hydrogens is 178 g/mol. The Hall–Kier alpha value is -1.65. The molecule has 0 saturated heterocycles. The lowest BCUT2D eigenvalue weighted by Crippen LogP contribution is -2.13. The Balaban J connectivity index is 2.81. The van der Waals surface area contributed by atoms with E-state index in [0.29, 0.717) is 5.82 Å². The summed E-state index contributed by atoms with van der Waals surface area (Å²) in [5.74, 6) is 0.526. The summed E-state index contributed by atoms with van der Waals surface area (Å²) in [6.45, 7) is 6.29. The van der Waals surface area contributed by atoms with Crippen molar-refractivity contribution in [3.05, 3.63) is 17.8 Å². The molecule has 2 aromatic rings. The molecule has 0 amide bonds. The van der Waals surface area contributed by atoms with Gasteiger partial charge in [0.15, 0.2) is 5.82 Å². The molecule has 0 saturated carbocycles. The zero-order valence-corrected chi connectivity index (χ0v) is 8.52. The summed E-state index contributed by atoms with van der Waals surface area (Å²) in [5.41, 5.74) is 7.75. The molecule has 0 bridgehead atoms. The molecule has 5 nitrogen and oxygen atoms in total. The van der Waals surface area contributed by atoms with Crippen molar-refractivity contribution in [1.29, 1.82) is 0 Å². The highest BCUT2D eigenvalue weighted by Gasteiger charge is 2.23. The van der Waals surface area contributed by atoms with Gasteiger partial charge >= 0.3 is 0 Å². The topological polar surface area (TPSA) is 69.1 Å². The smallest absolute Gasteiger partial charge is 0.152 e. The number of hydrogen-bond acceptors (Lipinski definition) is 4. The number of anilines is 1. The minimum absolute atomic E-state index is 0.0329. The molecule has 2 aromatic heterocycles. The second-order valence-corrected chi connectivity index (χ2v) is 4.31. The number of aromatic nitrogens is 4. The molecule has 14 heavy (non-hydrogen) atoms. The van der Waals surface area contributed by atoms with Gasteiger partial charge in [0, 0.05) is 5.56 Å². The molecule has 0 aromatic carbocycles. The molecule has 0 aliphatic heterocycles. The van der Waals surface area contributed by atoms with Gasteiger partial charge in [-0.15, -0.1) is 14.8 Å². The van der Waals surface area contributed by atoms with Crippen LogP contribution in [0.2, 0.25) is 0 Å². The molecular formula is C9H13N5. The van der Waals surface area contributed by atoms with Crippen LogP contribution in [-0.2, 0) is 5.41 Å². The quantitative estimate of drug-likeness (QED) is 0.674. The van der Waals surface area contributed by atoms with E-state index in [1.165, 1.54) is 4.63 Å². The first-order chi connectivity index (χ1) is 6.50. The van der Waals surface area contributed by atoms with Crippen molar-refractivity contribution in [2.45, 2.75) is 26.2 Å². The summed E-state index contributed by atoms with van der Waals surface area (Å²) in [6, 6.07) is 1.87. The van der Waals surface area contributed by atoms with Crippen LogP contribution < -0.4 is 5.73 Å². The van der Waals surface area contributed by atoms with Crippen LogP contribution in [0.5, 0.6) is 0 Å². The summed E-state index contributed by atoms with van der Waals surface area (Å²) in [7, 11) is 0. The Bertz CT molecular complexity index is 465. The highest BCUT2D eigenvalue weighted by atomic mass is 15.5. The molecule has 0 radical (unpaired) electrons. The van der Waals surface area contributed by atoms with Crippen LogP contribution in [0.1, 0.15) is 26.3 Å². The first-order valence-electron chi connectivity index (χ1n) is 4.47. The van der Waals surface area contributed by atoms with Crippen LogP contribution in [0.15, 0.2) is 12.3 Å². The van der Waals surface area contributed by atoms with Crippen LogP contribution >= 0.6 is 0 Å². The number of rotatable bonds is 0. The molecule has 2 N–H and O–H groups in total. The predicted octanol–water partition coefficient (Wildman–Crippen LogP) is 1.00. The Morgan fingerprint density at radius 1 is 1.36 bits per heavy atom. The minimum Gasteiger partial charge on any atom is -0.382 e. The van der Waals surface area contributed by atoms with E-state index in [9.17, 15) is 0 Å². The number of nitrogens with zero attached hydrogens (tertiary/aromatic N) is 4. The zero-order chi connectivity index (χ0) is 10.3. The van der Waals surface area contributed by atoms with Crippen molar-refractivity contribution in [2.75, 3.05) is 5.73 Å². The molecule has 0 unspecified atom stereocenters.